The first kappa shape index (κ1) is 16.0. The molecule has 1 atom stereocenters. The molecule has 1 aliphatic rings. The fourth-order valence-corrected chi connectivity index (χ4v) is 3.86. The number of fused-ring (bicyclic) bond motifs is 3. The molecule has 0 spiro atoms. The monoisotopic (exact) mass is 335 g/mol. The van der Waals surface area contributed by atoms with E-state index >= 15 is 0 Å². The third-order valence-corrected chi connectivity index (χ3v) is 5.11. The lowest BCUT2D eigenvalue weighted by molar-refractivity contribution is 0.243. The van der Waals surface area contributed by atoms with Gasteiger partial charge in [0.05, 0.1) is 5.69 Å². The summed E-state index contributed by atoms with van der Waals surface area (Å²) in [6, 6.07) is 8.95. The molecular formula is C21H25N3O. The van der Waals surface area contributed by atoms with Crippen molar-refractivity contribution in [2.75, 3.05) is 4.90 Å². The van der Waals surface area contributed by atoms with Gasteiger partial charge in [0.15, 0.2) is 5.58 Å². The van der Waals surface area contributed by atoms with Gasteiger partial charge in [-0.15, -0.1) is 0 Å². The highest BCUT2D eigenvalue weighted by Crippen LogP contribution is 2.40. The van der Waals surface area contributed by atoms with Crippen LogP contribution in [0.3, 0.4) is 0 Å². The van der Waals surface area contributed by atoms with Crippen LogP contribution >= 0.6 is 0 Å². The first-order valence-corrected chi connectivity index (χ1v) is 9.04. The van der Waals surface area contributed by atoms with E-state index in [0.717, 1.165) is 39.9 Å². The van der Waals surface area contributed by atoms with Gasteiger partial charge < -0.3 is 14.2 Å². The normalized spacial score (nSPS) is 17.6. The van der Waals surface area contributed by atoms with Crippen LogP contribution in [-0.2, 0) is 0 Å². The smallest absolute Gasteiger partial charge is 0.227 e. The van der Waals surface area contributed by atoms with Crippen molar-refractivity contribution in [2.24, 2.45) is 0 Å². The van der Waals surface area contributed by atoms with Crippen LogP contribution in [-0.4, -0.2) is 22.1 Å². The summed E-state index contributed by atoms with van der Waals surface area (Å²) in [6.07, 6.45) is 5.73. The maximum Gasteiger partial charge on any atom is 0.227 e. The molecule has 1 unspecified atom stereocenters. The molecule has 3 heterocycles. The van der Waals surface area contributed by atoms with Crippen molar-refractivity contribution in [2.45, 2.75) is 53.2 Å². The summed E-state index contributed by atoms with van der Waals surface area (Å²) in [7, 11) is 0. The Kier molecular flexibility index (Phi) is 3.71. The van der Waals surface area contributed by atoms with Gasteiger partial charge in [0.25, 0.3) is 0 Å². The Morgan fingerprint density at radius 2 is 1.84 bits per heavy atom. The number of nitrogens with zero attached hydrogens (tertiary/aromatic N) is 3. The molecule has 0 saturated carbocycles. The molecule has 4 heteroatoms. The molecule has 0 N–H and O–H groups in total. The molecule has 4 rings (SSSR count). The average Bonchev–Trinajstić information content (AvgIpc) is 3.14. The molecule has 130 valence electrons. The van der Waals surface area contributed by atoms with Crippen molar-refractivity contribution in [3.8, 4) is 0 Å². The number of hydrogen-bond donors (Lipinski definition) is 0. The number of rotatable bonds is 3. The molecule has 0 amide bonds. The molecular weight excluding hydrogens is 310 g/mol. The van der Waals surface area contributed by atoms with Gasteiger partial charge in [0, 0.05) is 34.9 Å². The van der Waals surface area contributed by atoms with Gasteiger partial charge in [-0.3, -0.25) is 0 Å². The van der Waals surface area contributed by atoms with E-state index in [1.165, 1.54) is 5.56 Å². The molecule has 0 bridgehead atoms. The molecule has 25 heavy (non-hydrogen) atoms. The summed E-state index contributed by atoms with van der Waals surface area (Å²) >= 11 is 0. The zero-order chi connectivity index (χ0) is 17.7. The van der Waals surface area contributed by atoms with Gasteiger partial charge in [-0.2, -0.15) is 0 Å². The number of benzene rings is 1. The lowest BCUT2D eigenvalue weighted by Crippen LogP contribution is -2.41. The van der Waals surface area contributed by atoms with Crippen molar-refractivity contribution in [1.29, 1.82) is 0 Å². The van der Waals surface area contributed by atoms with E-state index in [1.807, 2.05) is 13.0 Å². The fourth-order valence-electron chi connectivity index (χ4n) is 3.86. The van der Waals surface area contributed by atoms with E-state index in [2.05, 4.69) is 73.1 Å². The molecule has 0 aliphatic carbocycles. The van der Waals surface area contributed by atoms with Crippen LogP contribution in [0, 0.1) is 13.8 Å². The minimum absolute atomic E-state index is 0.312. The Labute approximate surface area is 148 Å². The van der Waals surface area contributed by atoms with Crippen molar-refractivity contribution < 1.29 is 4.42 Å². The van der Waals surface area contributed by atoms with Gasteiger partial charge in [-0.1, -0.05) is 19.1 Å². The standard InChI is InChI=1S/C21H25N3O/c1-6-18-23(13(2)3)11-12-24(18)19-14(4)7-9-16-17-10-8-15(5)22-21(17)25-20(16)19/h7-13,18H,6H2,1-5H3. The van der Waals surface area contributed by atoms with Crippen LogP contribution in [0.2, 0.25) is 0 Å². The van der Waals surface area contributed by atoms with Crippen LogP contribution in [0.1, 0.15) is 38.4 Å². The van der Waals surface area contributed by atoms with Crippen molar-refractivity contribution >= 4 is 27.8 Å². The van der Waals surface area contributed by atoms with Gasteiger partial charge in [-0.05, 0) is 51.8 Å². The lowest BCUT2D eigenvalue weighted by atomic mass is 10.1. The van der Waals surface area contributed by atoms with E-state index in [1.54, 1.807) is 0 Å². The number of aryl methyl sites for hydroxylation is 2. The zero-order valence-corrected chi connectivity index (χ0v) is 15.6. The van der Waals surface area contributed by atoms with Crippen LogP contribution in [0.5, 0.6) is 0 Å². The second-order valence-electron chi connectivity index (χ2n) is 7.15. The third-order valence-electron chi connectivity index (χ3n) is 5.11. The Balaban J connectivity index is 1.94. The topological polar surface area (TPSA) is 32.5 Å². The molecule has 0 saturated heterocycles. The number of hydrogen-bond acceptors (Lipinski definition) is 4. The second-order valence-corrected chi connectivity index (χ2v) is 7.15. The van der Waals surface area contributed by atoms with Gasteiger partial charge in [0.2, 0.25) is 5.71 Å². The van der Waals surface area contributed by atoms with Crippen LogP contribution in [0.15, 0.2) is 41.1 Å². The summed E-state index contributed by atoms with van der Waals surface area (Å²) in [5.74, 6) is 0. The summed E-state index contributed by atoms with van der Waals surface area (Å²) in [4.78, 5) is 9.34. The van der Waals surface area contributed by atoms with E-state index in [9.17, 15) is 0 Å². The van der Waals surface area contributed by atoms with E-state index in [-0.39, 0.29) is 0 Å². The molecule has 4 nitrogen and oxygen atoms in total. The molecule has 0 radical (unpaired) electrons. The predicted octanol–water partition coefficient (Wildman–Crippen LogP) is 5.34. The molecule has 1 aromatic carbocycles. The SMILES string of the molecule is CCC1N(c2c(C)ccc3c2oc2nc(C)ccc23)C=CN1C(C)C. The fraction of sp³-hybridized carbons (Fsp3) is 0.381. The Morgan fingerprint density at radius 3 is 2.56 bits per heavy atom. The zero-order valence-electron chi connectivity index (χ0n) is 15.6. The van der Waals surface area contributed by atoms with Crippen LogP contribution in [0.25, 0.3) is 22.1 Å². The minimum Gasteiger partial charge on any atom is -0.435 e. The maximum absolute atomic E-state index is 6.24. The van der Waals surface area contributed by atoms with Crippen molar-refractivity contribution in [3.63, 3.8) is 0 Å². The maximum atomic E-state index is 6.24. The Morgan fingerprint density at radius 1 is 1.08 bits per heavy atom. The number of pyridine rings is 1. The lowest BCUT2D eigenvalue weighted by Gasteiger charge is -2.35. The molecule has 3 aromatic rings. The van der Waals surface area contributed by atoms with Gasteiger partial charge in [-0.25, -0.2) is 4.98 Å². The molecule has 2 aromatic heterocycles. The van der Waals surface area contributed by atoms with Gasteiger partial charge >= 0.3 is 0 Å². The van der Waals surface area contributed by atoms with E-state index < -0.39 is 0 Å². The summed E-state index contributed by atoms with van der Waals surface area (Å²) in [5.41, 5.74) is 5.00. The molecule has 1 aliphatic heterocycles. The van der Waals surface area contributed by atoms with Crippen molar-refractivity contribution in [3.05, 3.63) is 47.9 Å². The summed E-state index contributed by atoms with van der Waals surface area (Å²) in [6.45, 7) is 10.9. The quantitative estimate of drug-likeness (QED) is 0.647. The molecule has 0 fully saturated rings. The predicted molar refractivity (Wildman–Crippen MR) is 104 cm³/mol. The average molecular weight is 335 g/mol. The number of furan rings is 1. The van der Waals surface area contributed by atoms with Crippen LogP contribution in [0.4, 0.5) is 5.69 Å². The summed E-state index contributed by atoms with van der Waals surface area (Å²) < 4.78 is 6.24. The van der Waals surface area contributed by atoms with E-state index in [0.29, 0.717) is 12.2 Å². The van der Waals surface area contributed by atoms with Crippen molar-refractivity contribution in [1.82, 2.24) is 9.88 Å². The highest BCUT2D eigenvalue weighted by Gasteiger charge is 2.30. The highest BCUT2D eigenvalue weighted by atomic mass is 16.3. The number of anilines is 1. The summed E-state index contributed by atoms with van der Waals surface area (Å²) in [5, 5.41) is 2.22. The first-order valence-electron chi connectivity index (χ1n) is 9.04. The minimum atomic E-state index is 0.312. The van der Waals surface area contributed by atoms with E-state index in [4.69, 9.17) is 4.42 Å². The van der Waals surface area contributed by atoms with Gasteiger partial charge in [0.1, 0.15) is 6.17 Å². The highest BCUT2D eigenvalue weighted by molar-refractivity contribution is 6.08. The largest absolute Gasteiger partial charge is 0.435 e. The second kappa shape index (κ2) is 5.80. The Bertz CT molecular complexity index is 970. The third kappa shape index (κ3) is 2.39. The first-order chi connectivity index (χ1) is 12.0. The number of aromatic nitrogens is 1. The Hall–Kier alpha value is -2.49. The van der Waals surface area contributed by atoms with Crippen LogP contribution < -0.4 is 4.90 Å².